The van der Waals surface area contributed by atoms with Crippen LogP contribution in [0.2, 0.25) is 0 Å². The van der Waals surface area contributed by atoms with Crippen molar-refractivity contribution in [1.29, 1.82) is 0 Å². The van der Waals surface area contributed by atoms with Gasteiger partial charge in [0.15, 0.2) is 0 Å². The summed E-state index contributed by atoms with van der Waals surface area (Å²) in [6.07, 6.45) is 8.24. The Bertz CT molecular complexity index is 601. The van der Waals surface area contributed by atoms with Gasteiger partial charge in [-0.1, -0.05) is 6.07 Å². The van der Waals surface area contributed by atoms with E-state index in [1.807, 2.05) is 35.0 Å². The summed E-state index contributed by atoms with van der Waals surface area (Å²) in [5.74, 6) is 0.131. The largest absolute Gasteiger partial charge is 0.337 e. The van der Waals surface area contributed by atoms with Gasteiger partial charge in [0.2, 0.25) is 5.91 Å². The molecule has 1 aliphatic heterocycles. The van der Waals surface area contributed by atoms with Crippen molar-refractivity contribution in [3.63, 3.8) is 0 Å². The Kier molecular flexibility index (Phi) is 3.69. The lowest BCUT2D eigenvalue weighted by Crippen LogP contribution is -2.30. The van der Waals surface area contributed by atoms with Crippen molar-refractivity contribution in [3.8, 4) is 0 Å². The summed E-state index contributed by atoms with van der Waals surface area (Å²) >= 11 is 1.71. The second kappa shape index (κ2) is 5.63. The van der Waals surface area contributed by atoms with E-state index in [1.54, 1.807) is 23.6 Å². The molecule has 1 aliphatic rings. The van der Waals surface area contributed by atoms with Crippen molar-refractivity contribution in [2.75, 3.05) is 6.54 Å². The van der Waals surface area contributed by atoms with Crippen LogP contribution in [0.15, 0.2) is 47.9 Å². The minimum Gasteiger partial charge on any atom is -0.337 e. The standard InChI is InChI=1S/C15H17N3OS/c1-12-10-14(19)18(15(12)13-4-2-9-20-13)7-3-6-17-8-5-16-11-17/h2,4-5,8-11,15H,3,6-7H2,1H3. The maximum Gasteiger partial charge on any atom is 0.247 e. The Balaban J connectivity index is 1.66. The zero-order valence-electron chi connectivity index (χ0n) is 11.4. The molecule has 0 radical (unpaired) electrons. The van der Waals surface area contributed by atoms with Crippen LogP contribution in [0.4, 0.5) is 0 Å². The van der Waals surface area contributed by atoms with Crippen LogP contribution in [-0.2, 0) is 11.3 Å². The molecule has 0 aliphatic carbocycles. The van der Waals surface area contributed by atoms with E-state index in [4.69, 9.17) is 0 Å². The molecule has 0 aromatic carbocycles. The third-order valence-electron chi connectivity index (χ3n) is 3.56. The molecule has 0 N–H and O–H groups in total. The summed E-state index contributed by atoms with van der Waals surface area (Å²) in [7, 11) is 0. The molecule has 2 aromatic rings. The molecule has 0 fully saturated rings. The number of nitrogens with zero attached hydrogens (tertiary/aromatic N) is 3. The number of carbonyl (C=O) groups excluding carboxylic acids is 1. The summed E-state index contributed by atoms with van der Waals surface area (Å²) in [5.41, 5.74) is 1.14. The monoisotopic (exact) mass is 287 g/mol. The Labute approximate surface area is 122 Å². The van der Waals surface area contributed by atoms with Crippen molar-refractivity contribution < 1.29 is 4.79 Å². The van der Waals surface area contributed by atoms with Crippen LogP contribution in [0.25, 0.3) is 0 Å². The number of hydrogen-bond donors (Lipinski definition) is 0. The molecule has 20 heavy (non-hydrogen) atoms. The smallest absolute Gasteiger partial charge is 0.247 e. The van der Waals surface area contributed by atoms with Crippen molar-refractivity contribution in [1.82, 2.24) is 14.5 Å². The number of hydrogen-bond acceptors (Lipinski definition) is 3. The molecular weight excluding hydrogens is 270 g/mol. The Morgan fingerprint density at radius 2 is 2.30 bits per heavy atom. The fraction of sp³-hybridized carbons (Fsp3) is 0.333. The number of aromatic nitrogens is 2. The van der Waals surface area contributed by atoms with Crippen LogP contribution >= 0.6 is 11.3 Å². The van der Waals surface area contributed by atoms with Gasteiger partial charge in [0, 0.05) is 36.4 Å². The Morgan fingerprint density at radius 1 is 1.40 bits per heavy atom. The van der Waals surface area contributed by atoms with Crippen LogP contribution < -0.4 is 0 Å². The Hall–Kier alpha value is -1.88. The molecule has 5 heteroatoms. The predicted molar refractivity (Wildman–Crippen MR) is 79.4 cm³/mol. The van der Waals surface area contributed by atoms with Gasteiger partial charge < -0.3 is 9.47 Å². The number of imidazole rings is 1. The van der Waals surface area contributed by atoms with Crippen molar-refractivity contribution in [3.05, 3.63) is 52.8 Å². The van der Waals surface area contributed by atoms with Crippen LogP contribution in [0.5, 0.6) is 0 Å². The van der Waals surface area contributed by atoms with Gasteiger partial charge in [-0.05, 0) is 30.4 Å². The molecule has 104 valence electrons. The van der Waals surface area contributed by atoms with Gasteiger partial charge in [-0.15, -0.1) is 11.3 Å². The SMILES string of the molecule is CC1=CC(=O)N(CCCn2ccnc2)C1c1cccs1. The average Bonchev–Trinajstić information content (AvgIpc) is 3.13. The van der Waals surface area contributed by atoms with E-state index in [9.17, 15) is 4.79 Å². The van der Waals surface area contributed by atoms with E-state index in [-0.39, 0.29) is 11.9 Å². The van der Waals surface area contributed by atoms with E-state index in [2.05, 4.69) is 16.4 Å². The molecule has 2 aromatic heterocycles. The molecule has 0 spiro atoms. The van der Waals surface area contributed by atoms with Gasteiger partial charge in [0.25, 0.3) is 0 Å². The third kappa shape index (κ3) is 2.54. The second-order valence-electron chi connectivity index (χ2n) is 4.99. The summed E-state index contributed by atoms with van der Waals surface area (Å²) in [4.78, 5) is 19.4. The highest BCUT2D eigenvalue weighted by Crippen LogP contribution is 2.36. The first kappa shape index (κ1) is 13.1. The molecule has 4 nitrogen and oxygen atoms in total. The zero-order chi connectivity index (χ0) is 13.9. The Morgan fingerprint density at radius 3 is 3.00 bits per heavy atom. The van der Waals surface area contributed by atoms with Gasteiger partial charge in [-0.3, -0.25) is 4.79 Å². The number of aryl methyl sites for hydroxylation is 1. The highest BCUT2D eigenvalue weighted by Gasteiger charge is 2.31. The van der Waals surface area contributed by atoms with E-state index < -0.39 is 0 Å². The van der Waals surface area contributed by atoms with Crippen LogP contribution in [0.3, 0.4) is 0 Å². The summed E-state index contributed by atoms with van der Waals surface area (Å²) in [5, 5.41) is 2.06. The molecule has 0 bridgehead atoms. The summed E-state index contributed by atoms with van der Waals surface area (Å²) in [6, 6.07) is 4.28. The van der Waals surface area contributed by atoms with E-state index in [0.29, 0.717) is 0 Å². The fourth-order valence-corrected chi connectivity index (χ4v) is 3.55. The lowest BCUT2D eigenvalue weighted by atomic mass is 10.1. The summed E-state index contributed by atoms with van der Waals surface area (Å²) in [6.45, 7) is 3.70. The van der Waals surface area contributed by atoms with Gasteiger partial charge in [-0.2, -0.15) is 0 Å². The highest BCUT2D eigenvalue weighted by atomic mass is 32.1. The number of amides is 1. The first-order valence-corrected chi connectivity index (χ1v) is 7.61. The molecule has 0 saturated carbocycles. The molecule has 0 saturated heterocycles. The predicted octanol–water partition coefficient (Wildman–Crippen LogP) is 2.86. The summed E-state index contributed by atoms with van der Waals surface area (Å²) < 4.78 is 2.04. The maximum atomic E-state index is 12.1. The van der Waals surface area contributed by atoms with E-state index >= 15 is 0 Å². The topological polar surface area (TPSA) is 38.1 Å². The molecule has 1 atom stereocenters. The maximum absolute atomic E-state index is 12.1. The van der Waals surface area contributed by atoms with Gasteiger partial charge >= 0.3 is 0 Å². The first-order chi connectivity index (χ1) is 9.75. The molecule has 1 amide bonds. The fourth-order valence-electron chi connectivity index (χ4n) is 2.64. The van der Waals surface area contributed by atoms with Crippen molar-refractivity contribution >= 4 is 17.2 Å². The number of carbonyl (C=O) groups is 1. The van der Waals surface area contributed by atoms with Crippen molar-refractivity contribution in [2.24, 2.45) is 0 Å². The highest BCUT2D eigenvalue weighted by molar-refractivity contribution is 7.10. The minimum absolute atomic E-state index is 0.130. The number of thiophene rings is 1. The second-order valence-corrected chi connectivity index (χ2v) is 5.97. The number of rotatable bonds is 5. The van der Waals surface area contributed by atoms with Crippen molar-refractivity contribution in [2.45, 2.75) is 25.9 Å². The molecule has 1 unspecified atom stereocenters. The van der Waals surface area contributed by atoms with E-state index in [1.165, 1.54) is 4.88 Å². The van der Waals surface area contributed by atoms with Crippen LogP contribution in [0, 0.1) is 0 Å². The normalized spacial score (nSPS) is 18.6. The zero-order valence-corrected chi connectivity index (χ0v) is 12.2. The van der Waals surface area contributed by atoms with Gasteiger partial charge in [0.05, 0.1) is 12.4 Å². The van der Waals surface area contributed by atoms with Gasteiger partial charge in [-0.25, -0.2) is 4.98 Å². The lowest BCUT2D eigenvalue weighted by Gasteiger charge is -2.25. The van der Waals surface area contributed by atoms with E-state index in [0.717, 1.165) is 25.1 Å². The third-order valence-corrected chi connectivity index (χ3v) is 4.49. The first-order valence-electron chi connectivity index (χ1n) is 6.73. The molecule has 3 heterocycles. The van der Waals surface area contributed by atoms with Crippen LogP contribution in [0.1, 0.15) is 24.3 Å². The minimum atomic E-state index is 0.130. The average molecular weight is 287 g/mol. The lowest BCUT2D eigenvalue weighted by molar-refractivity contribution is -0.126. The quantitative estimate of drug-likeness (QED) is 0.848. The van der Waals surface area contributed by atoms with Gasteiger partial charge in [0.1, 0.15) is 0 Å². The molecular formula is C15H17N3OS. The van der Waals surface area contributed by atoms with Crippen LogP contribution in [-0.4, -0.2) is 26.9 Å². The molecule has 3 rings (SSSR count).